The highest BCUT2D eigenvalue weighted by Gasteiger charge is 2.27. The highest BCUT2D eigenvalue weighted by Crippen LogP contribution is 2.39. The van der Waals surface area contributed by atoms with Crippen LogP contribution in [0.2, 0.25) is 0 Å². The van der Waals surface area contributed by atoms with Crippen molar-refractivity contribution < 1.29 is 9.53 Å². The van der Waals surface area contributed by atoms with Crippen molar-refractivity contribution in [2.45, 2.75) is 13.5 Å². The summed E-state index contributed by atoms with van der Waals surface area (Å²) in [4.78, 5) is 24.7. The van der Waals surface area contributed by atoms with E-state index in [9.17, 15) is 10.1 Å². The van der Waals surface area contributed by atoms with E-state index < -0.39 is 0 Å². The first-order valence-electron chi connectivity index (χ1n) is 10.1. The summed E-state index contributed by atoms with van der Waals surface area (Å²) in [6.07, 6.45) is 1.75. The van der Waals surface area contributed by atoms with Gasteiger partial charge in [-0.1, -0.05) is 24.3 Å². The van der Waals surface area contributed by atoms with Crippen LogP contribution in [-0.2, 0) is 11.3 Å². The molecule has 2 aromatic heterocycles. The number of aryl methyl sites for hydroxylation is 1. The standard InChI is InChI=1S/C25H18N4O2S/c1-16-24(28-25(32-16)20-8-4-5-11-27-20)17-9-10-22-21(12-17)29(23(30)15-31-22)14-19-7-3-2-6-18(19)13-26/h2-12H,14-15H2,1H3. The van der Waals surface area contributed by atoms with E-state index in [1.165, 1.54) is 0 Å². The van der Waals surface area contributed by atoms with Gasteiger partial charge < -0.3 is 9.64 Å². The van der Waals surface area contributed by atoms with Crippen LogP contribution in [0.4, 0.5) is 5.69 Å². The van der Waals surface area contributed by atoms with Crippen LogP contribution in [0.1, 0.15) is 16.0 Å². The molecule has 3 heterocycles. The second-order valence-electron chi connectivity index (χ2n) is 7.36. The van der Waals surface area contributed by atoms with Crippen molar-refractivity contribution in [3.63, 3.8) is 0 Å². The molecule has 4 aromatic rings. The maximum atomic E-state index is 12.8. The summed E-state index contributed by atoms with van der Waals surface area (Å²) in [7, 11) is 0. The lowest BCUT2D eigenvalue weighted by Gasteiger charge is -2.30. The summed E-state index contributed by atoms with van der Waals surface area (Å²) in [6.45, 7) is 2.31. The van der Waals surface area contributed by atoms with E-state index in [1.807, 2.05) is 61.5 Å². The Bertz CT molecular complexity index is 1360. The van der Waals surface area contributed by atoms with Crippen molar-refractivity contribution >= 4 is 22.9 Å². The monoisotopic (exact) mass is 438 g/mol. The van der Waals surface area contributed by atoms with E-state index in [-0.39, 0.29) is 12.5 Å². The molecule has 0 aliphatic carbocycles. The molecule has 0 saturated heterocycles. The third kappa shape index (κ3) is 3.61. The van der Waals surface area contributed by atoms with Crippen molar-refractivity contribution in [3.05, 3.63) is 82.9 Å². The first kappa shape index (κ1) is 19.9. The number of rotatable bonds is 4. The Morgan fingerprint density at radius 3 is 2.81 bits per heavy atom. The third-order valence-corrected chi connectivity index (χ3v) is 6.32. The Morgan fingerprint density at radius 1 is 1.16 bits per heavy atom. The van der Waals surface area contributed by atoms with Crippen molar-refractivity contribution in [2.75, 3.05) is 11.5 Å². The molecule has 1 aliphatic heterocycles. The van der Waals surface area contributed by atoms with Crippen molar-refractivity contribution in [2.24, 2.45) is 0 Å². The third-order valence-electron chi connectivity index (χ3n) is 5.32. The maximum absolute atomic E-state index is 12.8. The first-order valence-corrected chi connectivity index (χ1v) is 10.9. The number of hydrogen-bond donors (Lipinski definition) is 0. The molecule has 1 amide bonds. The molecule has 0 unspecified atom stereocenters. The second-order valence-corrected chi connectivity index (χ2v) is 8.56. The summed E-state index contributed by atoms with van der Waals surface area (Å²) in [6, 6.07) is 21.1. The maximum Gasteiger partial charge on any atom is 0.265 e. The van der Waals surface area contributed by atoms with Gasteiger partial charge in [-0.15, -0.1) is 11.3 Å². The number of thiazole rings is 1. The molecular weight excluding hydrogens is 420 g/mol. The zero-order chi connectivity index (χ0) is 22.1. The fourth-order valence-electron chi connectivity index (χ4n) is 3.72. The van der Waals surface area contributed by atoms with Gasteiger partial charge in [0.15, 0.2) is 6.61 Å². The van der Waals surface area contributed by atoms with Gasteiger partial charge in [0.05, 0.1) is 35.3 Å². The van der Waals surface area contributed by atoms with Gasteiger partial charge in [0.2, 0.25) is 0 Å². The summed E-state index contributed by atoms with van der Waals surface area (Å²) in [5.41, 5.74) is 4.62. The SMILES string of the molecule is Cc1sc(-c2ccccn2)nc1-c1ccc2c(c1)N(Cc1ccccc1C#N)C(=O)CO2. The number of carbonyl (C=O) groups excluding carboxylic acids is 1. The lowest BCUT2D eigenvalue weighted by molar-refractivity contribution is -0.121. The van der Waals surface area contributed by atoms with Gasteiger partial charge in [0.25, 0.3) is 5.91 Å². The number of hydrogen-bond acceptors (Lipinski definition) is 6. The van der Waals surface area contributed by atoms with Crippen LogP contribution in [0.15, 0.2) is 66.9 Å². The Kier molecular flexibility index (Phi) is 5.13. The molecule has 7 heteroatoms. The van der Waals surface area contributed by atoms with Crippen molar-refractivity contribution in [1.82, 2.24) is 9.97 Å². The lowest BCUT2D eigenvalue weighted by Crippen LogP contribution is -2.38. The van der Waals surface area contributed by atoms with Gasteiger partial charge >= 0.3 is 0 Å². The van der Waals surface area contributed by atoms with Crippen LogP contribution in [0, 0.1) is 18.3 Å². The molecule has 156 valence electrons. The van der Waals surface area contributed by atoms with Crippen molar-refractivity contribution in [1.29, 1.82) is 5.26 Å². The predicted molar refractivity (Wildman–Crippen MR) is 123 cm³/mol. The predicted octanol–water partition coefficient (Wildman–Crippen LogP) is 4.98. The largest absolute Gasteiger partial charge is 0.482 e. The molecule has 0 bridgehead atoms. The van der Waals surface area contributed by atoms with Gasteiger partial charge in [-0.25, -0.2) is 4.98 Å². The van der Waals surface area contributed by atoms with Crippen LogP contribution in [0.5, 0.6) is 5.75 Å². The smallest absolute Gasteiger partial charge is 0.265 e. The number of pyridine rings is 1. The molecule has 0 fully saturated rings. The van der Waals surface area contributed by atoms with E-state index in [1.54, 1.807) is 28.5 Å². The molecule has 0 N–H and O–H groups in total. The Morgan fingerprint density at radius 2 is 2.00 bits per heavy atom. The summed E-state index contributed by atoms with van der Waals surface area (Å²) >= 11 is 1.59. The van der Waals surface area contributed by atoms with Gasteiger partial charge in [0, 0.05) is 16.6 Å². The average Bonchev–Trinajstić information content (AvgIpc) is 3.23. The second kappa shape index (κ2) is 8.25. The molecule has 0 spiro atoms. The quantitative estimate of drug-likeness (QED) is 0.449. The van der Waals surface area contributed by atoms with Crippen LogP contribution in [-0.4, -0.2) is 22.5 Å². The number of carbonyl (C=O) groups is 1. The number of ether oxygens (including phenoxy) is 1. The number of fused-ring (bicyclic) bond motifs is 1. The molecule has 2 aromatic carbocycles. The fraction of sp³-hybridized carbons (Fsp3) is 0.120. The van der Waals surface area contributed by atoms with Gasteiger partial charge in [-0.05, 0) is 48.9 Å². The molecule has 5 rings (SSSR count). The number of nitrogens with zero attached hydrogens (tertiary/aromatic N) is 4. The number of anilines is 1. The Balaban J connectivity index is 1.54. The normalized spacial score (nSPS) is 12.8. The van der Waals surface area contributed by atoms with Crippen LogP contribution in [0.25, 0.3) is 22.0 Å². The fourth-order valence-corrected chi connectivity index (χ4v) is 4.64. The average molecular weight is 439 g/mol. The van der Waals surface area contributed by atoms with Gasteiger partial charge in [-0.3, -0.25) is 9.78 Å². The number of benzene rings is 2. The minimum Gasteiger partial charge on any atom is -0.482 e. The minimum absolute atomic E-state index is 0.0272. The molecule has 0 atom stereocenters. The van der Waals surface area contributed by atoms with E-state index in [2.05, 4.69) is 11.1 Å². The van der Waals surface area contributed by atoms with E-state index in [0.29, 0.717) is 23.5 Å². The minimum atomic E-state index is -0.147. The highest BCUT2D eigenvalue weighted by atomic mass is 32.1. The highest BCUT2D eigenvalue weighted by molar-refractivity contribution is 7.15. The number of amides is 1. The zero-order valence-corrected chi connectivity index (χ0v) is 18.1. The lowest BCUT2D eigenvalue weighted by atomic mass is 10.1. The van der Waals surface area contributed by atoms with Crippen molar-refractivity contribution in [3.8, 4) is 33.8 Å². The van der Waals surface area contributed by atoms with Crippen LogP contribution in [0.3, 0.4) is 0 Å². The molecule has 32 heavy (non-hydrogen) atoms. The van der Waals surface area contributed by atoms with Crippen LogP contribution >= 0.6 is 11.3 Å². The summed E-state index contributed by atoms with van der Waals surface area (Å²) in [5, 5.41) is 10.3. The van der Waals surface area contributed by atoms with Crippen LogP contribution < -0.4 is 9.64 Å². The molecule has 6 nitrogen and oxygen atoms in total. The Labute approximate surface area is 189 Å². The number of aromatic nitrogens is 2. The topological polar surface area (TPSA) is 79.1 Å². The molecule has 0 saturated carbocycles. The zero-order valence-electron chi connectivity index (χ0n) is 17.3. The van der Waals surface area contributed by atoms with Gasteiger partial charge in [0.1, 0.15) is 10.8 Å². The molecule has 1 aliphatic rings. The van der Waals surface area contributed by atoms with E-state index in [0.717, 1.165) is 32.4 Å². The Hall–Kier alpha value is -4.02. The number of nitriles is 1. The molecule has 0 radical (unpaired) electrons. The first-order chi connectivity index (χ1) is 15.6. The van der Waals surface area contributed by atoms with E-state index in [4.69, 9.17) is 9.72 Å². The summed E-state index contributed by atoms with van der Waals surface area (Å²) in [5.74, 6) is 0.493. The van der Waals surface area contributed by atoms with E-state index >= 15 is 0 Å². The van der Waals surface area contributed by atoms with Gasteiger partial charge in [-0.2, -0.15) is 5.26 Å². The molecular formula is C25H18N4O2S. The summed E-state index contributed by atoms with van der Waals surface area (Å²) < 4.78 is 5.67.